The molecule has 0 saturated carbocycles. The van der Waals surface area contributed by atoms with E-state index in [1.807, 2.05) is 13.8 Å². The Kier molecular flexibility index (Phi) is 4.47. The summed E-state index contributed by atoms with van der Waals surface area (Å²) in [7, 11) is 0. The molecular formula is C15H22N2O3. The molecule has 0 unspecified atom stereocenters. The highest BCUT2D eigenvalue weighted by atomic mass is 16.4. The molecule has 2 N–H and O–H groups in total. The molecule has 0 aromatic carbocycles. The van der Waals surface area contributed by atoms with Crippen molar-refractivity contribution in [2.24, 2.45) is 0 Å². The van der Waals surface area contributed by atoms with Crippen LogP contribution in [-0.2, 0) is 17.8 Å². The summed E-state index contributed by atoms with van der Waals surface area (Å²) < 4.78 is 1.76. The fraction of sp³-hybridized carbons (Fsp3) is 0.600. The van der Waals surface area contributed by atoms with Gasteiger partial charge in [-0.3, -0.25) is 14.2 Å². The van der Waals surface area contributed by atoms with Crippen LogP contribution in [0.5, 0.6) is 0 Å². The summed E-state index contributed by atoms with van der Waals surface area (Å²) in [5.74, 6) is 0.237. The number of carboxylic acid groups (broad SMARTS) is 1. The van der Waals surface area contributed by atoms with E-state index in [1.165, 1.54) is 0 Å². The zero-order valence-electron chi connectivity index (χ0n) is 12.1. The second-order valence-electron chi connectivity index (χ2n) is 5.60. The number of carbonyl (C=O) groups is 1. The van der Waals surface area contributed by atoms with Gasteiger partial charge in [-0.2, -0.15) is 0 Å². The highest BCUT2D eigenvalue weighted by molar-refractivity contribution is 5.68. The first-order chi connectivity index (χ1) is 9.50. The van der Waals surface area contributed by atoms with Gasteiger partial charge >= 0.3 is 5.97 Å². The molecule has 0 atom stereocenters. The summed E-state index contributed by atoms with van der Waals surface area (Å²) in [6.45, 7) is 5.61. The number of hydrogen-bond donors (Lipinski definition) is 2. The van der Waals surface area contributed by atoms with E-state index in [4.69, 9.17) is 5.11 Å². The Morgan fingerprint density at radius 3 is 2.85 bits per heavy atom. The SMILES string of the molecule is CC(C)c1cc(=O)n2c(c1CCC(=O)O)NCCCC2. The van der Waals surface area contributed by atoms with Gasteiger partial charge in [0.05, 0.1) is 0 Å². The molecule has 0 aliphatic carbocycles. The van der Waals surface area contributed by atoms with Crippen molar-refractivity contribution in [1.29, 1.82) is 0 Å². The lowest BCUT2D eigenvalue weighted by Crippen LogP contribution is -2.25. The van der Waals surface area contributed by atoms with Crippen LogP contribution >= 0.6 is 0 Å². The fourth-order valence-electron chi connectivity index (χ4n) is 2.74. The molecule has 0 bridgehead atoms. The van der Waals surface area contributed by atoms with Crippen molar-refractivity contribution in [3.63, 3.8) is 0 Å². The Morgan fingerprint density at radius 1 is 1.45 bits per heavy atom. The molecule has 5 nitrogen and oxygen atoms in total. The van der Waals surface area contributed by atoms with Gasteiger partial charge < -0.3 is 10.4 Å². The van der Waals surface area contributed by atoms with Gasteiger partial charge in [-0.05, 0) is 36.3 Å². The third kappa shape index (κ3) is 3.03. The van der Waals surface area contributed by atoms with Gasteiger partial charge in [-0.15, -0.1) is 0 Å². The zero-order valence-corrected chi connectivity index (χ0v) is 12.1. The van der Waals surface area contributed by atoms with E-state index in [2.05, 4.69) is 5.32 Å². The molecule has 110 valence electrons. The van der Waals surface area contributed by atoms with Crippen molar-refractivity contribution in [2.75, 3.05) is 11.9 Å². The smallest absolute Gasteiger partial charge is 0.303 e. The largest absolute Gasteiger partial charge is 0.481 e. The van der Waals surface area contributed by atoms with E-state index in [0.29, 0.717) is 13.0 Å². The third-order valence-electron chi connectivity index (χ3n) is 3.76. The van der Waals surface area contributed by atoms with E-state index in [-0.39, 0.29) is 17.9 Å². The summed E-state index contributed by atoms with van der Waals surface area (Å²) in [6.07, 6.45) is 2.55. The van der Waals surface area contributed by atoms with Gasteiger partial charge in [-0.1, -0.05) is 13.8 Å². The van der Waals surface area contributed by atoms with Crippen LogP contribution in [0.3, 0.4) is 0 Å². The van der Waals surface area contributed by atoms with Crippen molar-refractivity contribution in [1.82, 2.24) is 4.57 Å². The molecule has 2 rings (SSSR count). The predicted molar refractivity (Wildman–Crippen MR) is 78.5 cm³/mol. The Morgan fingerprint density at radius 2 is 2.20 bits per heavy atom. The molecule has 1 aromatic rings. The van der Waals surface area contributed by atoms with Crippen LogP contribution in [0.25, 0.3) is 0 Å². The van der Waals surface area contributed by atoms with Crippen LogP contribution in [-0.4, -0.2) is 22.2 Å². The number of fused-ring (bicyclic) bond motifs is 1. The van der Waals surface area contributed by atoms with E-state index in [9.17, 15) is 9.59 Å². The number of aliphatic carboxylic acids is 1. The first-order valence-electron chi connectivity index (χ1n) is 7.23. The Hall–Kier alpha value is -1.78. The van der Waals surface area contributed by atoms with Crippen LogP contribution in [0.4, 0.5) is 5.82 Å². The normalized spacial score (nSPS) is 14.6. The second kappa shape index (κ2) is 6.11. The number of aromatic nitrogens is 1. The van der Waals surface area contributed by atoms with Crippen LogP contribution in [0.2, 0.25) is 0 Å². The topological polar surface area (TPSA) is 71.3 Å². The van der Waals surface area contributed by atoms with Gasteiger partial charge in [0, 0.05) is 25.6 Å². The summed E-state index contributed by atoms with van der Waals surface area (Å²) in [4.78, 5) is 23.1. The second-order valence-corrected chi connectivity index (χ2v) is 5.60. The predicted octanol–water partition coefficient (Wildman–Crippen LogP) is 2.19. The molecule has 1 aliphatic heterocycles. The maximum absolute atomic E-state index is 12.2. The summed E-state index contributed by atoms with van der Waals surface area (Å²) in [5, 5.41) is 12.3. The molecule has 0 amide bonds. The fourth-order valence-corrected chi connectivity index (χ4v) is 2.74. The molecule has 1 aliphatic rings. The minimum atomic E-state index is -0.807. The number of anilines is 1. The molecule has 20 heavy (non-hydrogen) atoms. The van der Waals surface area contributed by atoms with Gasteiger partial charge in [0.15, 0.2) is 0 Å². The van der Waals surface area contributed by atoms with Crippen LogP contribution in [0.1, 0.15) is 50.2 Å². The average molecular weight is 278 g/mol. The quantitative estimate of drug-likeness (QED) is 0.885. The number of hydrogen-bond acceptors (Lipinski definition) is 3. The molecule has 2 heterocycles. The highest BCUT2D eigenvalue weighted by Crippen LogP contribution is 2.27. The molecule has 0 fully saturated rings. The maximum atomic E-state index is 12.2. The third-order valence-corrected chi connectivity index (χ3v) is 3.76. The molecular weight excluding hydrogens is 256 g/mol. The molecule has 0 saturated heterocycles. The van der Waals surface area contributed by atoms with Gasteiger partial charge in [-0.25, -0.2) is 0 Å². The van der Waals surface area contributed by atoms with E-state index >= 15 is 0 Å². The van der Waals surface area contributed by atoms with Crippen LogP contribution in [0, 0.1) is 0 Å². The first kappa shape index (κ1) is 14.6. The van der Waals surface area contributed by atoms with Crippen molar-refractivity contribution in [2.45, 2.75) is 52.0 Å². The van der Waals surface area contributed by atoms with Crippen molar-refractivity contribution in [3.05, 3.63) is 27.5 Å². The maximum Gasteiger partial charge on any atom is 0.303 e. The molecule has 5 heteroatoms. The van der Waals surface area contributed by atoms with Gasteiger partial charge in [0.1, 0.15) is 5.82 Å². The molecule has 0 spiro atoms. The number of pyridine rings is 1. The summed E-state index contributed by atoms with van der Waals surface area (Å²) in [5.41, 5.74) is 1.97. The van der Waals surface area contributed by atoms with Crippen molar-refractivity contribution >= 4 is 11.8 Å². The monoisotopic (exact) mass is 278 g/mol. The average Bonchev–Trinajstić information content (AvgIpc) is 2.63. The van der Waals surface area contributed by atoms with E-state index in [1.54, 1.807) is 10.6 Å². The summed E-state index contributed by atoms with van der Waals surface area (Å²) >= 11 is 0. The molecule has 0 radical (unpaired) electrons. The lowest BCUT2D eigenvalue weighted by Gasteiger charge is -2.20. The Labute approximate surface area is 118 Å². The minimum Gasteiger partial charge on any atom is -0.481 e. The summed E-state index contributed by atoms with van der Waals surface area (Å²) in [6, 6.07) is 1.68. The first-order valence-corrected chi connectivity index (χ1v) is 7.23. The van der Waals surface area contributed by atoms with E-state index < -0.39 is 5.97 Å². The van der Waals surface area contributed by atoms with Crippen molar-refractivity contribution in [3.8, 4) is 0 Å². The van der Waals surface area contributed by atoms with Crippen LogP contribution < -0.4 is 10.9 Å². The zero-order chi connectivity index (χ0) is 14.7. The number of nitrogens with one attached hydrogen (secondary N) is 1. The van der Waals surface area contributed by atoms with E-state index in [0.717, 1.165) is 36.3 Å². The molecule has 1 aromatic heterocycles. The number of carboxylic acids is 1. The lowest BCUT2D eigenvalue weighted by molar-refractivity contribution is -0.136. The Bertz CT molecular complexity index is 561. The number of rotatable bonds is 4. The highest BCUT2D eigenvalue weighted by Gasteiger charge is 2.19. The number of nitrogens with zero attached hydrogens (tertiary/aromatic N) is 1. The minimum absolute atomic E-state index is 0.0113. The standard InChI is InChI=1S/C15H22N2O3/c1-10(2)12-9-13(18)17-8-4-3-7-16-15(17)11(12)5-6-14(19)20/h9-10,16H,3-8H2,1-2H3,(H,19,20). The lowest BCUT2D eigenvalue weighted by atomic mass is 9.95. The van der Waals surface area contributed by atoms with Crippen LogP contribution in [0.15, 0.2) is 10.9 Å². The van der Waals surface area contributed by atoms with Gasteiger partial charge in [0.25, 0.3) is 5.56 Å². The van der Waals surface area contributed by atoms with Crippen molar-refractivity contribution < 1.29 is 9.90 Å². The Balaban J connectivity index is 2.53. The van der Waals surface area contributed by atoms with Gasteiger partial charge in [0.2, 0.25) is 0 Å².